The highest BCUT2D eigenvalue weighted by Gasteiger charge is 2.17. The summed E-state index contributed by atoms with van der Waals surface area (Å²) in [5.74, 6) is 0.0321. The molecule has 0 bridgehead atoms. The minimum atomic E-state index is -0.133. The Kier molecular flexibility index (Phi) is 5.24. The maximum absolute atomic E-state index is 12.0. The third kappa shape index (κ3) is 3.94. The van der Waals surface area contributed by atoms with Crippen molar-refractivity contribution in [2.24, 2.45) is 0 Å². The summed E-state index contributed by atoms with van der Waals surface area (Å²) >= 11 is 1.44. The number of carbonyl (C=O) groups is 1. The van der Waals surface area contributed by atoms with E-state index >= 15 is 0 Å². The normalized spacial score (nSPS) is 12.1. The number of pyridine rings is 1. The van der Waals surface area contributed by atoms with Gasteiger partial charge in [0.15, 0.2) is 5.13 Å². The van der Waals surface area contributed by atoms with E-state index in [1.165, 1.54) is 11.3 Å². The van der Waals surface area contributed by atoms with Gasteiger partial charge in [0.05, 0.1) is 17.3 Å². The summed E-state index contributed by atoms with van der Waals surface area (Å²) in [4.78, 5) is 20.8. The number of nitrogens with two attached hydrogens (primary N) is 1. The van der Waals surface area contributed by atoms with Crippen molar-refractivity contribution in [3.8, 4) is 22.4 Å². The van der Waals surface area contributed by atoms with Gasteiger partial charge in [0.2, 0.25) is 0 Å². The molecule has 5 heteroatoms. The van der Waals surface area contributed by atoms with Crippen LogP contribution in [0.25, 0.3) is 22.4 Å². The van der Waals surface area contributed by atoms with Crippen molar-refractivity contribution in [3.05, 3.63) is 53.7 Å². The van der Waals surface area contributed by atoms with Crippen LogP contribution in [-0.4, -0.2) is 15.8 Å². The Hall–Kier alpha value is -2.53. The van der Waals surface area contributed by atoms with Crippen molar-refractivity contribution < 1.29 is 4.79 Å². The maximum atomic E-state index is 12.0. The van der Waals surface area contributed by atoms with E-state index in [2.05, 4.69) is 29.0 Å². The second-order valence-electron chi connectivity index (χ2n) is 6.07. The van der Waals surface area contributed by atoms with E-state index in [1.807, 2.05) is 29.6 Å². The third-order valence-corrected chi connectivity index (χ3v) is 4.89. The summed E-state index contributed by atoms with van der Waals surface area (Å²) in [5, 5.41) is 2.52. The molecule has 0 radical (unpaired) electrons. The second kappa shape index (κ2) is 7.57. The molecule has 3 aromatic rings. The zero-order valence-electron chi connectivity index (χ0n) is 14.4. The Balaban J connectivity index is 1.97. The Morgan fingerprint density at radius 2 is 1.96 bits per heavy atom. The first-order chi connectivity index (χ1) is 12.1. The second-order valence-corrected chi connectivity index (χ2v) is 6.96. The molecule has 2 aromatic heterocycles. The Morgan fingerprint density at radius 3 is 2.64 bits per heavy atom. The molecular weight excluding hydrogens is 330 g/mol. The first-order valence-corrected chi connectivity index (χ1v) is 9.24. The van der Waals surface area contributed by atoms with Crippen molar-refractivity contribution in [3.63, 3.8) is 0 Å². The van der Waals surface area contributed by atoms with Crippen molar-refractivity contribution in [2.45, 2.75) is 32.6 Å². The van der Waals surface area contributed by atoms with Crippen LogP contribution in [0.4, 0.5) is 5.13 Å². The monoisotopic (exact) mass is 351 g/mol. The van der Waals surface area contributed by atoms with Gasteiger partial charge in [0, 0.05) is 17.1 Å². The number of nitrogen functional groups attached to an aromatic ring is 1. The number of carbonyl (C=O) groups excluding carboxylic acids is 1. The topological polar surface area (TPSA) is 68.9 Å². The van der Waals surface area contributed by atoms with E-state index in [-0.39, 0.29) is 11.7 Å². The fraction of sp³-hybridized carbons (Fsp3) is 0.250. The summed E-state index contributed by atoms with van der Waals surface area (Å²) < 4.78 is 0. The van der Waals surface area contributed by atoms with Crippen LogP contribution < -0.4 is 5.73 Å². The number of anilines is 1. The molecule has 3 rings (SSSR count). The molecule has 1 atom stereocenters. The van der Waals surface area contributed by atoms with E-state index in [1.54, 1.807) is 13.1 Å². The highest BCUT2D eigenvalue weighted by molar-refractivity contribution is 7.13. The van der Waals surface area contributed by atoms with E-state index in [0.717, 1.165) is 40.9 Å². The molecule has 0 saturated heterocycles. The molecule has 0 aliphatic rings. The van der Waals surface area contributed by atoms with E-state index < -0.39 is 0 Å². The van der Waals surface area contributed by atoms with E-state index in [0.29, 0.717) is 5.13 Å². The molecule has 0 aliphatic carbocycles. The van der Waals surface area contributed by atoms with Crippen LogP contribution in [0, 0.1) is 0 Å². The summed E-state index contributed by atoms with van der Waals surface area (Å²) in [6.45, 7) is 3.73. The van der Waals surface area contributed by atoms with Crippen LogP contribution in [-0.2, 0) is 4.79 Å². The van der Waals surface area contributed by atoms with Crippen LogP contribution >= 0.6 is 11.3 Å². The lowest BCUT2D eigenvalue weighted by Gasteiger charge is -2.13. The number of ketones is 1. The van der Waals surface area contributed by atoms with Crippen molar-refractivity contribution in [1.82, 2.24) is 9.97 Å². The van der Waals surface area contributed by atoms with E-state index in [4.69, 9.17) is 5.73 Å². The minimum Gasteiger partial charge on any atom is -0.375 e. The Bertz CT molecular complexity index is 888. The number of aromatic nitrogens is 2. The van der Waals surface area contributed by atoms with Crippen molar-refractivity contribution in [2.75, 3.05) is 5.73 Å². The van der Waals surface area contributed by atoms with Gasteiger partial charge in [-0.05, 0) is 42.7 Å². The zero-order valence-corrected chi connectivity index (χ0v) is 15.2. The molecule has 2 N–H and O–H groups in total. The number of Topliss-reactive ketones (excluding diaryl/α,β-unsaturated/α-hetero) is 1. The summed E-state index contributed by atoms with van der Waals surface area (Å²) in [6, 6.07) is 12.2. The lowest BCUT2D eigenvalue weighted by atomic mass is 9.93. The lowest BCUT2D eigenvalue weighted by molar-refractivity contribution is -0.118. The predicted octanol–water partition coefficient (Wildman–Crippen LogP) is 4.93. The van der Waals surface area contributed by atoms with Gasteiger partial charge < -0.3 is 5.73 Å². The van der Waals surface area contributed by atoms with Gasteiger partial charge in [-0.3, -0.25) is 9.78 Å². The van der Waals surface area contributed by atoms with Crippen LogP contribution in [0.3, 0.4) is 0 Å². The molecule has 0 fully saturated rings. The maximum Gasteiger partial charge on any atom is 0.180 e. The zero-order chi connectivity index (χ0) is 17.8. The van der Waals surface area contributed by atoms with Gasteiger partial charge >= 0.3 is 0 Å². The molecule has 128 valence electrons. The lowest BCUT2D eigenvalue weighted by Crippen LogP contribution is -2.10. The number of thiazole rings is 1. The highest BCUT2D eigenvalue weighted by atomic mass is 32.1. The molecule has 1 aromatic carbocycles. The third-order valence-electron chi connectivity index (χ3n) is 4.22. The van der Waals surface area contributed by atoms with Crippen molar-refractivity contribution >= 4 is 22.3 Å². The summed E-state index contributed by atoms with van der Waals surface area (Å²) in [6.07, 6.45) is 3.56. The average Bonchev–Trinajstić information content (AvgIpc) is 3.06. The molecule has 0 amide bonds. The fourth-order valence-electron chi connectivity index (χ4n) is 2.94. The number of rotatable bonds is 6. The van der Waals surface area contributed by atoms with E-state index in [9.17, 15) is 4.79 Å². The number of nitrogens with zero attached hydrogens (tertiary/aromatic N) is 2. The summed E-state index contributed by atoms with van der Waals surface area (Å²) in [7, 11) is 0. The van der Waals surface area contributed by atoms with Gasteiger partial charge in [-0.25, -0.2) is 4.98 Å². The summed E-state index contributed by atoms with van der Waals surface area (Å²) in [5.41, 5.74) is 10.6. The largest absolute Gasteiger partial charge is 0.375 e. The van der Waals surface area contributed by atoms with Crippen LogP contribution in [0.15, 0.2) is 48.0 Å². The number of benzene rings is 1. The molecule has 0 spiro atoms. The smallest absolute Gasteiger partial charge is 0.180 e. The minimum absolute atomic E-state index is 0.133. The van der Waals surface area contributed by atoms with Crippen molar-refractivity contribution in [1.29, 1.82) is 0 Å². The first-order valence-electron chi connectivity index (χ1n) is 8.36. The number of hydrogen-bond donors (Lipinski definition) is 1. The van der Waals surface area contributed by atoms with Crippen LogP contribution in [0.5, 0.6) is 0 Å². The van der Waals surface area contributed by atoms with Crippen LogP contribution in [0.2, 0.25) is 0 Å². The van der Waals surface area contributed by atoms with Gasteiger partial charge in [0.25, 0.3) is 0 Å². The van der Waals surface area contributed by atoms with Gasteiger partial charge in [-0.2, -0.15) is 0 Å². The predicted molar refractivity (Wildman–Crippen MR) is 104 cm³/mol. The first kappa shape index (κ1) is 17.3. The Labute approximate surface area is 151 Å². The van der Waals surface area contributed by atoms with Gasteiger partial charge in [-0.15, -0.1) is 11.3 Å². The molecular formula is C20H21N3OS. The quantitative estimate of drug-likeness (QED) is 0.684. The highest BCUT2D eigenvalue weighted by Crippen LogP contribution is 2.30. The number of hydrogen-bond acceptors (Lipinski definition) is 5. The Morgan fingerprint density at radius 1 is 1.20 bits per heavy atom. The molecule has 2 heterocycles. The van der Waals surface area contributed by atoms with Crippen LogP contribution in [0.1, 0.15) is 38.3 Å². The molecule has 4 nitrogen and oxygen atoms in total. The fourth-order valence-corrected chi connectivity index (χ4v) is 3.52. The van der Waals surface area contributed by atoms with Gasteiger partial charge in [-0.1, -0.05) is 31.5 Å². The standard InChI is InChI=1S/C20H21N3OS/c1-3-5-17(13(2)24)18-11-15(8-9-22-18)14-6-4-7-16(10-14)19-12-25-20(21)23-19/h4,6-12,17H,3,5H2,1-2H3,(H2,21,23). The molecule has 25 heavy (non-hydrogen) atoms. The molecule has 0 saturated carbocycles. The molecule has 1 unspecified atom stereocenters. The van der Waals surface area contributed by atoms with Gasteiger partial charge in [0.1, 0.15) is 5.78 Å². The molecule has 0 aliphatic heterocycles. The SMILES string of the molecule is CCCC(C(C)=O)c1cc(-c2cccc(-c3csc(N)n3)c2)ccn1. The average molecular weight is 351 g/mol.